The molecule has 4 aliphatic rings. The Labute approximate surface area is 234 Å². The van der Waals surface area contributed by atoms with E-state index in [0.29, 0.717) is 36.2 Å². The molecule has 0 spiro atoms. The van der Waals surface area contributed by atoms with Gasteiger partial charge in [0.2, 0.25) is 0 Å². The van der Waals surface area contributed by atoms with Gasteiger partial charge >= 0.3 is 0 Å². The van der Waals surface area contributed by atoms with Crippen molar-refractivity contribution < 1.29 is 9.18 Å². The fourth-order valence-corrected chi connectivity index (χ4v) is 6.74. The molecule has 1 unspecified atom stereocenters. The first-order valence-corrected chi connectivity index (χ1v) is 14.4. The Balaban J connectivity index is 1.15. The Kier molecular flexibility index (Phi) is 7.04. The number of hydrogen-bond acceptors (Lipinski definition) is 9. The maximum absolute atomic E-state index is 15.2. The highest BCUT2D eigenvalue weighted by Gasteiger charge is 2.52. The molecule has 1 saturated carbocycles. The number of hydrogen-bond donors (Lipinski definition) is 2. The number of rotatable bonds is 6. The molecule has 2 saturated heterocycles. The van der Waals surface area contributed by atoms with Gasteiger partial charge in [-0.05, 0) is 38.6 Å². The van der Waals surface area contributed by atoms with Crippen LogP contribution in [-0.4, -0.2) is 96.9 Å². The molecule has 1 aliphatic carbocycles. The third-order valence-corrected chi connectivity index (χ3v) is 9.39. The summed E-state index contributed by atoms with van der Waals surface area (Å²) in [7, 11) is 4.06. The van der Waals surface area contributed by atoms with Crippen LogP contribution < -0.4 is 20.9 Å². The summed E-state index contributed by atoms with van der Waals surface area (Å²) in [5.41, 5.74) is 6.92. The van der Waals surface area contributed by atoms with Crippen molar-refractivity contribution in [3.63, 3.8) is 0 Å². The van der Waals surface area contributed by atoms with Gasteiger partial charge in [-0.1, -0.05) is 0 Å². The third-order valence-electron chi connectivity index (χ3n) is 9.39. The second-order valence-corrected chi connectivity index (χ2v) is 12.1. The Bertz CT molecular complexity index is 1300. The molecular weight excluding hydrogens is 511 g/mol. The lowest BCUT2D eigenvalue weighted by Crippen LogP contribution is -2.47. The average Bonchev–Trinajstić information content (AvgIpc) is 3.66. The fraction of sp³-hybridized carbons (Fsp3) is 0.643. The normalized spacial score (nSPS) is 23.5. The van der Waals surface area contributed by atoms with Crippen LogP contribution in [0.1, 0.15) is 36.0 Å². The van der Waals surface area contributed by atoms with Crippen LogP contribution in [0.2, 0.25) is 0 Å². The van der Waals surface area contributed by atoms with Gasteiger partial charge in [0.25, 0.3) is 5.91 Å². The van der Waals surface area contributed by atoms with E-state index in [1.165, 1.54) is 12.4 Å². The van der Waals surface area contributed by atoms with Gasteiger partial charge in [0, 0.05) is 71.9 Å². The van der Waals surface area contributed by atoms with Gasteiger partial charge < -0.3 is 30.7 Å². The molecule has 1 atom stereocenters. The molecule has 5 heterocycles. The van der Waals surface area contributed by atoms with Crippen LogP contribution in [0.4, 0.5) is 27.4 Å². The van der Waals surface area contributed by atoms with Crippen LogP contribution in [0, 0.1) is 34.4 Å². The van der Waals surface area contributed by atoms with Gasteiger partial charge in [-0.2, -0.15) is 10.4 Å². The van der Waals surface area contributed by atoms with E-state index in [2.05, 4.69) is 38.3 Å². The number of anilines is 4. The number of nitrogen functional groups attached to an aromatic ring is 1. The zero-order chi connectivity index (χ0) is 28.0. The first-order chi connectivity index (χ1) is 19.3. The van der Waals surface area contributed by atoms with E-state index in [1.54, 1.807) is 4.68 Å². The molecule has 6 rings (SSSR count). The Morgan fingerprint density at radius 2 is 1.88 bits per heavy atom. The van der Waals surface area contributed by atoms with Crippen molar-refractivity contribution in [2.75, 3.05) is 87.3 Å². The highest BCUT2D eigenvalue weighted by molar-refractivity contribution is 6.12. The third kappa shape index (κ3) is 4.97. The van der Waals surface area contributed by atoms with Crippen molar-refractivity contribution in [3.8, 4) is 6.07 Å². The molecule has 40 heavy (non-hydrogen) atoms. The number of piperazine rings is 1. The van der Waals surface area contributed by atoms with Crippen LogP contribution in [0.5, 0.6) is 0 Å². The summed E-state index contributed by atoms with van der Waals surface area (Å²) in [6, 6.07) is 2.49. The number of aromatic nitrogens is 3. The number of carbonyl (C=O) groups is 1. The number of nitrogens with one attached hydrogen (secondary N) is 1. The van der Waals surface area contributed by atoms with E-state index in [4.69, 9.17) is 5.73 Å². The van der Waals surface area contributed by atoms with Crippen molar-refractivity contribution in [1.29, 1.82) is 5.26 Å². The van der Waals surface area contributed by atoms with Crippen molar-refractivity contribution in [3.05, 3.63) is 23.8 Å². The maximum Gasteiger partial charge on any atom is 0.263 e. The second-order valence-electron chi connectivity index (χ2n) is 12.1. The Morgan fingerprint density at radius 1 is 1.15 bits per heavy atom. The summed E-state index contributed by atoms with van der Waals surface area (Å²) in [6.45, 7) is 8.12. The van der Waals surface area contributed by atoms with Crippen molar-refractivity contribution in [2.24, 2.45) is 17.3 Å². The molecule has 11 nitrogen and oxygen atoms in total. The van der Waals surface area contributed by atoms with E-state index in [9.17, 15) is 10.1 Å². The lowest BCUT2D eigenvalue weighted by Gasteiger charge is -2.39. The summed E-state index contributed by atoms with van der Waals surface area (Å²) >= 11 is 0. The van der Waals surface area contributed by atoms with Gasteiger partial charge in [-0.3, -0.25) is 9.78 Å². The molecule has 1 amide bonds. The minimum absolute atomic E-state index is 0.123. The van der Waals surface area contributed by atoms with Crippen molar-refractivity contribution >= 4 is 28.9 Å². The lowest BCUT2D eigenvalue weighted by molar-refractivity contribution is 0.102. The summed E-state index contributed by atoms with van der Waals surface area (Å²) in [5, 5.41) is 17.0. The number of nitrogens with zero attached hydrogens (tertiary/aromatic N) is 8. The van der Waals surface area contributed by atoms with Gasteiger partial charge in [0.1, 0.15) is 17.1 Å². The van der Waals surface area contributed by atoms with E-state index >= 15 is 4.39 Å². The number of nitrogens with two attached hydrogens (primary N) is 1. The number of piperidine rings is 1. The second kappa shape index (κ2) is 10.5. The number of pyridine rings is 1. The van der Waals surface area contributed by atoms with Gasteiger partial charge in [-0.25, -0.2) is 9.07 Å². The zero-order valence-corrected chi connectivity index (χ0v) is 23.4. The molecule has 3 fully saturated rings. The van der Waals surface area contributed by atoms with E-state index in [-0.39, 0.29) is 22.7 Å². The maximum atomic E-state index is 15.2. The molecule has 214 valence electrons. The predicted molar refractivity (Wildman–Crippen MR) is 152 cm³/mol. The molecule has 3 aliphatic heterocycles. The molecule has 0 bridgehead atoms. The summed E-state index contributed by atoms with van der Waals surface area (Å²) in [4.78, 5) is 26.5. The van der Waals surface area contributed by atoms with Gasteiger partial charge in [0.15, 0.2) is 11.6 Å². The van der Waals surface area contributed by atoms with Gasteiger partial charge in [-0.15, -0.1) is 0 Å². The molecule has 2 aromatic heterocycles. The minimum atomic E-state index is -0.452. The molecule has 0 radical (unpaired) electrons. The van der Waals surface area contributed by atoms with Crippen molar-refractivity contribution in [2.45, 2.75) is 32.2 Å². The number of nitriles is 1. The van der Waals surface area contributed by atoms with E-state index in [1.807, 2.05) is 16.8 Å². The number of carbonyl (C=O) groups excluding carboxylic acids is 1. The molecule has 12 heteroatoms. The molecular formula is C28H39FN10O. The SMILES string of the molecule is CN1CCN(CC2CCN(c3c(F)cncc3NC(=O)c3c(N)nn4c3N(C)CC(C3(C#N)CC3)C4)CC2)CC1. The zero-order valence-electron chi connectivity index (χ0n) is 23.4. The number of amides is 1. The lowest BCUT2D eigenvalue weighted by atomic mass is 9.88. The standard InChI is InChI=1S/C28H39FN10O/c1-35-9-11-37(12-10-35)15-19-3-7-38(8-4-19)24-21(29)13-32-14-22(24)33-26(40)23-25(31)34-39-17-20(16-36(2)27(23)39)28(18-30)5-6-28/h13-14,19-20H,3-12,15-17H2,1-2H3,(H2,31,34)(H,33,40). The van der Waals surface area contributed by atoms with Crippen LogP contribution >= 0.6 is 0 Å². The highest BCUT2D eigenvalue weighted by Crippen LogP contribution is 2.53. The largest absolute Gasteiger partial charge is 0.381 e. The number of halogens is 1. The minimum Gasteiger partial charge on any atom is -0.381 e. The first-order valence-electron chi connectivity index (χ1n) is 14.4. The number of likely N-dealkylation sites (N-methyl/N-ethyl adjacent to an activating group) is 1. The van der Waals surface area contributed by atoms with Crippen LogP contribution in [0.25, 0.3) is 0 Å². The number of fused-ring (bicyclic) bond motifs is 1. The smallest absolute Gasteiger partial charge is 0.263 e. The van der Waals surface area contributed by atoms with Crippen LogP contribution in [-0.2, 0) is 6.54 Å². The summed E-state index contributed by atoms with van der Waals surface area (Å²) in [5.74, 6) is 0.559. The van der Waals surface area contributed by atoms with Crippen molar-refractivity contribution in [1.82, 2.24) is 24.6 Å². The van der Waals surface area contributed by atoms with Crippen LogP contribution in [0.15, 0.2) is 12.4 Å². The topological polar surface area (TPSA) is 123 Å². The highest BCUT2D eigenvalue weighted by atomic mass is 19.1. The van der Waals surface area contributed by atoms with Gasteiger partial charge in [0.05, 0.1) is 29.6 Å². The van der Waals surface area contributed by atoms with E-state index in [0.717, 1.165) is 71.5 Å². The monoisotopic (exact) mass is 550 g/mol. The van der Waals surface area contributed by atoms with E-state index < -0.39 is 11.7 Å². The first kappa shape index (κ1) is 26.8. The van der Waals surface area contributed by atoms with Crippen LogP contribution in [0.3, 0.4) is 0 Å². The summed E-state index contributed by atoms with van der Waals surface area (Å²) < 4.78 is 16.9. The quantitative estimate of drug-likeness (QED) is 0.557. The molecule has 0 aromatic carbocycles. The average molecular weight is 551 g/mol. The summed E-state index contributed by atoms with van der Waals surface area (Å²) in [6.07, 6.45) is 6.44. The molecule has 3 N–H and O–H groups in total. The predicted octanol–water partition coefficient (Wildman–Crippen LogP) is 2.09. The Morgan fingerprint density at radius 3 is 2.55 bits per heavy atom. The molecule has 2 aromatic rings. The Hall–Kier alpha value is -3.43. The fourth-order valence-electron chi connectivity index (χ4n) is 6.74.